The molecule has 55 heavy (non-hydrogen) atoms. The van der Waals surface area contributed by atoms with Crippen LogP contribution in [0, 0.1) is 0 Å². The Hall–Kier alpha value is -2.22. The largest absolute Gasteiger partial charge is 1.00 e. The van der Waals surface area contributed by atoms with E-state index >= 15 is 0 Å². The maximum absolute atomic E-state index is 11.3. The smallest absolute Gasteiger partial charge is 0.748 e. The van der Waals surface area contributed by atoms with Crippen molar-refractivity contribution in [3.05, 3.63) is 132 Å². The summed E-state index contributed by atoms with van der Waals surface area (Å²) in [7, 11) is -8.59. The zero-order valence-electron chi connectivity index (χ0n) is 33.8. The molecule has 0 fully saturated rings. The van der Waals surface area contributed by atoms with Gasteiger partial charge in [0.15, 0.2) is 0 Å². The molecule has 2 aliphatic heterocycles. The molecule has 0 aromatic heterocycles. The molecule has 0 saturated carbocycles. The molecule has 0 saturated heterocycles. The topological polar surface area (TPSA) is 121 Å². The van der Waals surface area contributed by atoms with Gasteiger partial charge >= 0.3 is 59.1 Å². The number of nitrogens with zero attached hydrogens (tertiary/aromatic N) is 2. The molecule has 0 aliphatic carbocycles. The van der Waals surface area contributed by atoms with Crippen molar-refractivity contribution in [3.63, 3.8) is 0 Å². The third-order valence-electron chi connectivity index (χ3n) is 10.5. The number of benzene rings is 4. The summed E-state index contributed by atoms with van der Waals surface area (Å²) in [4.78, 5) is 4.27. The van der Waals surface area contributed by atoms with Crippen LogP contribution < -0.4 is 68.9 Å². The van der Waals surface area contributed by atoms with Crippen molar-refractivity contribution in [1.82, 2.24) is 0 Å². The van der Waals surface area contributed by atoms with Crippen LogP contribution in [0.5, 0.6) is 0 Å². The van der Waals surface area contributed by atoms with Gasteiger partial charge in [-0.05, 0) is 76.6 Å². The minimum absolute atomic E-state index is 0. The predicted octanol–water partition coefficient (Wildman–Crippen LogP) is 2.47. The SMILES string of the molecule is [2H]C1(/C=C/C=C/C=C/C=C2/N(CCCCS(=O)(=O)[O-])c3ccc4ccccc4c3C2(C)C)N(CCCCS(=O)(=O)[O-])c2ccc3ccccc3c2C1(C)C.[Na+].[Na+]. The van der Waals surface area contributed by atoms with Gasteiger partial charge in [0.05, 0.1) is 27.6 Å². The van der Waals surface area contributed by atoms with E-state index < -0.39 is 37.4 Å². The summed E-state index contributed by atoms with van der Waals surface area (Å²) in [5.41, 5.74) is 4.39. The molecule has 2 heterocycles. The van der Waals surface area contributed by atoms with Crippen molar-refractivity contribution in [3.8, 4) is 0 Å². The minimum atomic E-state index is -4.32. The molecule has 0 N–H and O–H groups in total. The van der Waals surface area contributed by atoms with E-state index in [2.05, 4.69) is 81.1 Å². The molecule has 1 atom stereocenters. The van der Waals surface area contributed by atoms with Crippen LogP contribution in [-0.2, 0) is 31.1 Å². The Bertz CT molecular complexity index is 2410. The van der Waals surface area contributed by atoms with Crippen LogP contribution in [0.3, 0.4) is 0 Å². The van der Waals surface area contributed by atoms with Gasteiger partial charge in [-0.3, -0.25) is 0 Å². The van der Waals surface area contributed by atoms with Crippen LogP contribution in [0.1, 0.15) is 65.9 Å². The molecule has 280 valence electrons. The fourth-order valence-electron chi connectivity index (χ4n) is 8.14. The summed E-state index contributed by atoms with van der Waals surface area (Å²) in [6.07, 6.45) is 15.1. The number of anilines is 2. The first-order valence-electron chi connectivity index (χ1n) is 18.7. The second-order valence-corrected chi connectivity index (χ2v) is 18.0. The molecule has 6 rings (SSSR count). The summed E-state index contributed by atoms with van der Waals surface area (Å²) in [5.74, 6) is -0.806. The predicted molar refractivity (Wildman–Crippen MR) is 216 cm³/mol. The Morgan fingerprint density at radius 3 is 1.76 bits per heavy atom. The van der Waals surface area contributed by atoms with Crippen molar-refractivity contribution in [2.24, 2.45) is 0 Å². The summed E-state index contributed by atoms with van der Waals surface area (Å²) in [6, 6.07) is 23.6. The molecule has 12 heteroatoms. The van der Waals surface area contributed by atoms with Crippen LogP contribution in [0.2, 0.25) is 0 Å². The van der Waals surface area contributed by atoms with Crippen molar-refractivity contribution in [2.75, 3.05) is 34.4 Å². The van der Waals surface area contributed by atoms with Gasteiger partial charge in [0.25, 0.3) is 0 Å². The maximum Gasteiger partial charge on any atom is 1.00 e. The molecule has 4 aromatic rings. The molecule has 0 spiro atoms. The van der Waals surface area contributed by atoms with Gasteiger partial charge in [0.2, 0.25) is 0 Å². The van der Waals surface area contributed by atoms with E-state index in [-0.39, 0.29) is 76.7 Å². The first kappa shape index (κ1) is 43.9. The average Bonchev–Trinajstić information content (AvgIpc) is 3.43. The fourth-order valence-corrected chi connectivity index (χ4v) is 9.25. The molecular weight excluding hydrogens is 751 g/mol. The zero-order valence-corrected chi connectivity index (χ0v) is 38.4. The van der Waals surface area contributed by atoms with Crippen LogP contribution >= 0.6 is 0 Å². The van der Waals surface area contributed by atoms with Gasteiger partial charge < -0.3 is 18.9 Å². The van der Waals surface area contributed by atoms with E-state index in [1.54, 1.807) is 0 Å². The van der Waals surface area contributed by atoms with Gasteiger partial charge in [0.1, 0.15) is 0 Å². The number of fused-ring (bicyclic) bond motifs is 6. The summed E-state index contributed by atoms with van der Waals surface area (Å²) in [6.45, 7) is 9.54. The monoisotopic (exact) mass is 799 g/mol. The second kappa shape index (κ2) is 18.6. The Labute approximate surface area is 372 Å². The fraction of sp³-hybridized carbons (Fsp3) is 0.349. The summed E-state index contributed by atoms with van der Waals surface area (Å²) >= 11 is 0. The molecule has 1 unspecified atom stereocenters. The van der Waals surface area contributed by atoms with Gasteiger partial charge in [0, 0.05) is 52.5 Å². The zero-order chi connectivity index (χ0) is 38.9. The van der Waals surface area contributed by atoms with Gasteiger partial charge in [-0.15, -0.1) is 0 Å². The second-order valence-electron chi connectivity index (χ2n) is 14.9. The van der Waals surface area contributed by atoms with Crippen molar-refractivity contribution < 1.29 is 86.4 Å². The van der Waals surface area contributed by atoms with Gasteiger partial charge in [-0.2, -0.15) is 0 Å². The average molecular weight is 800 g/mol. The summed E-state index contributed by atoms with van der Waals surface area (Å²) in [5, 5.41) is 4.49. The number of allylic oxidation sites excluding steroid dienone is 7. The van der Waals surface area contributed by atoms with E-state index in [0.717, 1.165) is 38.8 Å². The molecule has 2 aliphatic rings. The molecule has 0 radical (unpaired) electrons. The van der Waals surface area contributed by atoms with Crippen LogP contribution in [0.15, 0.2) is 121 Å². The quantitative estimate of drug-likeness (QED) is 0.0827. The molecule has 0 amide bonds. The number of hydrogen-bond donors (Lipinski definition) is 0. The first-order chi connectivity index (χ1) is 25.5. The Balaban J connectivity index is 0.00000348. The number of hydrogen-bond acceptors (Lipinski definition) is 8. The summed E-state index contributed by atoms with van der Waals surface area (Å²) < 4.78 is 77.6. The Morgan fingerprint density at radius 1 is 0.655 bits per heavy atom. The molecule has 8 nitrogen and oxygen atoms in total. The van der Waals surface area contributed by atoms with Gasteiger partial charge in [-0.1, -0.05) is 125 Å². The van der Waals surface area contributed by atoms with Crippen LogP contribution in [-0.4, -0.2) is 56.6 Å². The van der Waals surface area contributed by atoms with Crippen LogP contribution in [0.4, 0.5) is 11.4 Å². The van der Waals surface area contributed by atoms with Crippen molar-refractivity contribution in [2.45, 2.75) is 70.2 Å². The van der Waals surface area contributed by atoms with E-state index in [1.807, 2.05) is 71.7 Å². The van der Waals surface area contributed by atoms with E-state index in [1.165, 1.54) is 10.9 Å². The first-order valence-corrected chi connectivity index (χ1v) is 21.3. The van der Waals surface area contributed by atoms with Gasteiger partial charge in [-0.25, -0.2) is 16.8 Å². The molecule has 4 aromatic carbocycles. The Kier molecular flexibility index (Phi) is 14.8. The van der Waals surface area contributed by atoms with E-state index in [4.69, 9.17) is 0 Å². The third kappa shape index (κ3) is 10.3. The molecular formula is C43H48N2Na2O6S2. The van der Waals surface area contributed by atoms with Crippen molar-refractivity contribution in [1.29, 1.82) is 0 Å². The Morgan fingerprint density at radius 2 is 1.16 bits per heavy atom. The normalized spacial score (nSPS) is 20.0. The van der Waals surface area contributed by atoms with E-state index in [9.17, 15) is 27.3 Å². The maximum atomic E-state index is 11.3. The minimum Gasteiger partial charge on any atom is -0.748 e. The molecule has 0 bridgehead atoms. The standard InChI is InChI=1S/C43H50N2O6S2.2Na/c1-42(2)38(44(28-14-16-30-52(46,47)48)36-26-24-32-18-10-12-20-34(32)40(36)42)22-8-6-5-7-9-23-39-43(3,4)41-35-21-13-11-19-33(35)25-27-37(41)45(39)29-15-17-31-53(49,50)51;;/h5-13,18-27,38H,14-17,28-31H2,1-4H3,(H,46,47,48)(H,49,50,51);;/q;2*+1/p-2/b6-5+,9-7+,22-8+,39-23+;;/i38D;;. The third-order valence-corrected chi connectivity index (χ3v) is 12.1. The van der Waals surface area contributed by atoms with Crippen molar-refractivity contribution >= 4 is 53.2 Å². The number of rotatable bonds is 14. The van der Waals surface area contributed by atoms with E-state index in [0.29, 0.717) is 32.4 Å². The number of unbranched alkanes of at least 4 members (excludes halogenated alkanes) is 2. The van der Waals surface area contributed by atoms with Crippen LogP contribution in [0.25, 0.3) is 21.5 Å².